The molecule has 2 aromatic rings. The molecule has 0 radical (unpaired) electrons. The number of fused-ring (bicyclic) bond motifs is 1. The zero-order valence-corrected chi connectivity index (χ0v) is 18.2. The molecule has 2 aliphatic rings. The van der Waals surface area contributed by atoms with E-state index in [1.54, 1.807) is 11.1 Å². The minimum absolute atomic E-state index is 0.0895. The number of nitrogens with zero attached hydrogens (tertiary/aromatic N) is 3. The van der Waals surface area contributed by atoms with Gasteiger partial charge >= 0.3 is 6.03 Å². The van der Waals surface area contributed by atoms with E-state index in [-0.39, 0.29) is 24.0 Å². The van der Waals surface area contributed by atoms with Gasteiger partial charge in [0.05, 0.1) is 0 Å². The number of hydrogen-bond donors (Lipinski definition) is 1. The molecule has 3 heterocycles. The third-order valence-electron chi connectivity index (χ3n) is 6.21. The molecule has 1 saturated heterocycles. The first kappa shape index (κ1) is 21.2. The molecule has 1 N–H and O–H groups in total. The van der Waals surface area contributed by atoms with Crippen LogP contribution in [0.4, 0.5) is 10.5 Å². The molecule has 31 heavy (non-hydrogen) atoms. The van der Waals surface area contributed by atoms with Crippen LogP contribution in [0.25, 0.3) is 0 Å². The molecular formula is C24H30N4O3. The lowest BCUT2D eigenvalue weighted by molar-refractivity contribution is -0.136. The van der Waals surface area contributed by atoms with Gasteiger partial charge in [-0.2, -0.15) is 0 Å². The van der Waals surface area contributed by atoms with Gasteiger partial charge in [0, 0.05) is 63.0 Å². The number of pyridine rings is 1. The molecule has 0 bridgehead atoms. The number of likely N-dealkylation sites (tertiary alicyclic amines) is 1. The molecule has 0 saturated carbocycles. The number of aromatic nitrogens is 1. The number of rotatable bonds is 5. The Labute approximate surface area is 183 Å². The molecule has 1 aromatic heterocycles. The van der Waals surface area contributed by atoms with Crippen molar-refractivity contribution in [2.24, 2.45) is 5.92 Å². The first-order valence-electron chi connectivity index (χ1n) is 11.1. The summed E-state index contributed by atoms with van der Waals surface area (Å²) in [6, 6.07) is 9.32. The zero-order chi connectivity index (χ0) is 21.8. The van der Waals surface area contributed by atoms with Crippen molar-refractivity contribution in [1.29, 1.82) is 0 Å². The highest BCUT2D eigenvalue weighted by Gasteiger charge is 2.26. The number of anilines is 1. The van der Waals surface area contributed by atoms with Gasteiger partial charge in [-0.3, -0.25) is 9.78 Å². The summed E-state index contributed by atoms with van der Waals surface area (Å²) in [5, 5.41) is 2.95. The van der Waals surface area contributed by atoms with Crippen LogP contribution in [0, 0.1) is 5.92 Å². The molecule has 1 atom stereocenters. The van der Waals surface area contributed by atoms with Gasteiger partial charge in [-0.1, -0.05) is 13.8 Å². The number of piperidine rings is 1. The van der Waals surface area contributed by atoms with Crippen molar-refractivity contribution in [1.82, 2.24) is 14.8 Å². The van der Waals surface area contributed by atoms with E-state index < -0.39 is 0 Å². The van der Waals surface area contributed by atoms with Gasteiger partial charge in [-0.15, -0.1) is 0 Å². The Balaban J connectivity index is 1.25. The van der Waals surface area contributed by atoms with Crippen LogP contribution in [0.5, 0.6) is 5.75 Å². The first-order chi connectivity index (χ1) is 15.0. The third kappa shape index (κ3) is 4.98. The van der Waals surface area contributed by atoms with Gasteiger partial charge in [0.1, 0.15) is 11.9 Å². The summed E-state index contributed by atoms with van der Waals surface area (Å²) >= 11 is 0. The number of amides is 3. The van der Waals surface area contributed by atoms with E-state index in [2.05, 4.69) is 10.3 Å². The number of nitrogens with one attached hydrogen (secondary N) is 1. The van der Waals surface area contributed by atoms with Crippen LogP contribution in [0.2, 0.25) is 0 Å². The van der Waals surface area contributed by atoms with Crippen LogP contribution >= 0.6 is 0 Å². The summed E-state index contributed by atoms with van der Waals surface area (Å²) in [6.45, 7) is 6.71. The Hall–Kier alpha value is -3.09. The number of urea groups is 1. The van der Waals surface area contributed by atoms with E-state index in [0.717, 1.165) is 54.9 Å². The van der Waals surface area contributed by atoms with Crippen molar-refractivity contribution < 1.29 is 14.3 Å². The lowest BCUT2D eigenvalue weighted by atomic mass is 10.0. The highest BCUT2D eigenvalue weighted by Crippen LogP contribution is 2.24. The van der Waals surface area contributed by atoms with Gasteiger partial charge in [0.2, 0.25) is 5.91 Å². The predicted molar refractivity (Wildman–Crippen MR) is 119 cm³/mol. The van der Waals surface area contributed by atoms with E-state index in [9.17, 15) is 9.59 Å². The molecule has 164 valence electrons. The Bertz CT molecular complexity index is 898. The Morgan fingerprint density at radius 3 is 2.48 bits per heavy atom. The average Bonchev–Trinajstić information content (AvgIpc) is 3.24. The van der Waals surface area contributed by atoms with Crippen LogP contribution in [-0.2, 0) is 17.9 Å². The minimum atomic E-state index is -0.122. The minimum Gasteiger partial charge on any atom is -0.490 e. The summed E-state index contributed by atoms with van der Waals surface area (Å²) in [6.07, 6.45) is 6.24. The molecule has 2 aliphatic heterocycles. The molecule has 7 nitrogen and oxygen atoms in total. The second-order valence-electron chi connectivity index (χ2n) is 8.41. The SMILES string of the molecule is CCC(C)C(=O)N1CCC(Oc2ccc(NC(=O)N3Cc4ccncc4C3)cc2)CC1. The van der Waals surface area contributed by atoms with Crippen molar-refractivity contribution in [2.75, 3.05) is 18.4 Å². The van der Waals surface area contributed by atoms with Crippen LogP contribution in [0.1, 0.15) is 44.2 Å². The fraction of sp³-hybridized carbons (Fsp3) is 0.458. The highest BCUT2D eigenvalue weighted by atomic mass is 16.5. The van der Waals surface area contributed by atoms with E-state index in [0.29, 0.717) is 13.1 Å². The lowest BCUT2D eigenvalue weighted by Gasteiger charge is -2.33. The smallest absolute Gasteiger partial charge is 0.322 e. The fourth-order valence-electron chi connectivity index (χ4n) is 4.06. The average molecular weight is 423 g/mol. The number of benzene rings is 1. The van der Waals surface area contributed by atoms with Crippen LogP contribution in [-0.4, -0.2) is 45.9 Å². The number of hydrogen-bond acceptors (Lipinski definition) is 4. The van der Waals surface area contributed by atoms with Gasteiger partial charge in [0.15, 0.2) is 0 Å². The lowest BCUT2D eigenvalue weighted by Crippen LogP contribution is -2.43. The molecule has 0 spiro atoms. The summed E-state index contributed by atoms with van der Waals surface area (Å²) in [4.78, 5) is 32.7. The summed E-state index contributed by atoms with van der Waals surface area (Å²) in [5.74, 6) is 1.12. The topological polar surface area (TPSA) is 74.8 Å². The van der Waals surface area contributed by atoms with E-state index >= 15 is 0 Å². The van der Waals surface area contributed by atoms with E-state index in [1.165, 1.54) is 0 Å². The van der Waals surface area contributed by atoms with Gasteiger partial charge < -0.3 is 19.9 Å². The second kappa shape index (κ2) is 9.37. The molecule has 1 fully saturated rings. The number of carbonyl (C=O) groups excluding carboxylic acids is 2. The van der Waals surface area contributed by atoms with Gasteiger partial charge in [0.25, 0.3) is 0 Å². The van der Waals surface area contributed by atoms with Crippen molar-refractivity contribution in [2.45, 2.75) is 52.3 Å². The monoisotopic (exact) mass is 422 g/mol. The summed E-state index contributed by atoms with van der Waals surface area (Å²) in [5.41, 5.74) is 2.98. The second-order valence-corrected chi connectivity index (χ2v) is 8.41. The molecular weight excluding hydrogens is 392 g/mol. The molecule has 7 heteroatoms. The molecule has 1 unspecified atom stereocenters. The maximum atomic E-state index is 12.6. The van der Waals surface area contributed by atoms with Crippen LogP contribution < -0.4 is 10.1 Å². The normalized spacial score (nSPS) is 17.2. The van der Waals surface area contributed by atoms with Gasteiger partial charge in [-0.05, 0) is 47.9 Å². The number of carbonyl (C=O) groups is 2. The molecule has 1 aromatic carbocycles. The largest absolute Gasteiger partial charge is 0.490 e. The predicted octanol–water partition coefficient (Wildman–Crippen LogP) is 4.05. The molecule has 4 rings (SSSR count). The van der Waals surface area contributed by atoms with Crippen molar-refractivity contribution in [3.05, 3.63) is 53.9 Å². The maximum Gasteiger partial charge on any atom is 0.322 e. The van der Waals surface area contributed by atoms with Crippen molar-refractivity contribution in [3.8, 4) is 5.75 Å². The van der Waals surface area contributed by atoms with Crippen LogP contribution in [0.15, 0.2) is 42.7 Å². The number of ether oxygens (including phenoxy) is 1. The zero-order valence-electron chi connectivity index (χ0n) is 18.2. The van der Waals surface area contributed by atoms with Crippen LogP contribution in [0.3, 0.4) is 0 Å². The molecule has 3 amide bonds. The summed E-state index contributed by atoms with van der Waals surface area (Å²) in [7, 11) is 0. The van der Waals surface area contributed by atoms with Crippen molar-refractivity contribution in [3.63, 3.8) is 0 Å². The van der Waals surface area contributed by atoms with Gasteiger partial charge in [-0.25, -0.2) is 4.79 Å². The Morgan fingerprint density at radius 2 is 1.81 bits per heavy atom. The third-order valence-corrected chi connectivity index (χ3v) is 6.21. The molecule has 0 aliphatic carbocycles. The standard InChI is InChI=1S/C24H30N4O3/c1-3-17(2)23(29)27-12-9-22(10-13-27)31-21-6-4-20(5-7-21)26-24(30)28-15-18-8-11-25-14-19(18)16-28/h4-8,11,14,17,22H,3,9-10,12-13,15-16H2,1-2H3,(H,26,30). The quantitative estimate of drug-likeness (QED) is 0.789. The Morgan fingerprint density at radius 1 is 1.10 bits per heavy atom. The first-order valence-corrected chi connectivity index (χ1v) is 11.1. The summed E-state index contributed by atoms with van der Waals surface area (Å²) < 4.78 is 6.10. The van der Waals surface area contributed by atoms with E-state index in [4.69, 9.17) is 4.74 Å². The van der Waals surface area contributed by atoms with E-state index in [1.807, 2.05) is 55.3 Å². The highest BCUT2D eigenvalue weighted by molar-refractivity contribution is 5.89. The Kier molecular flexibility index (Phi) is 6.39. The van der Waals surface area contributed by atoms with Crippen molar-refractivity contribution >= 4 is 17.6 Å². The fourth-order valence-corrected chi connectivity index (χ4v) is 4.06. The maximum absolute atomic E-state index is 12.6.